The van der Waals surface area contributed by atoms with Crippen LogP contribution in [-0.2, 0) is 4.79 Å². The molecule has 3 nitrogen and oxygen atoms in total. The minimum absolute atomic E-state index is 0.0585. The lowest BCUT2D eigenvalue weighted by molar-refractivity contribution is -0.120. The molecule has 0 aliphatic carbocycles. The first kappa shape index (κ1) is 18.6. The largest absolute Gasteiger partial charge is 0.355 e. The second-order valence-electron chi connectivity index (χ2n) is 5.96. The molecular formula is C20H26N2OS. The zero-order valence-electron chi connectivity index (χ0n) is 14.4. The SMILES string of the molecule is Cc1ccc(SC(C(=O)NCCCCN)c2ccccc2)c(C)c1. The summed E-state index contributed by atoms with van der Waals surface area (Å²) in [6.07, 6.45) is 1.85. The minimum Gasteiger partial charge on any atom is -0.355 e. The summed E-state index contributed by atoms with van der Waals surface area (Å²) >= 11 is 1.61. The van der Waals surface area contributed by atoms with Gasteiger partial charge in [0.05, 0.1) is 0 Å². The molecule has 4 heteroatoms. The van der Waals surface area contributed by atoms with E-state index in [1.165, 1.54) is 11.1 Å². The molecule has 0 aliphatic rings. The highest BCUT2D eigenvalue weighted by Gasteiger charge is 2.22. The number of hydrogen-bond donors (Lipinski definition) is 2. The van der Waals surface area contributed by atoms with Gasteiger partial charge in [-0.1, -0.05) is 48.0 Å². The van der Waals surface area contributed by atoms with Gasteiger partial charge in [0, 0.05) is 11.4 Å². The van der Waals surface area contributed by atoms with Crippen molar-refractivity contribution in [1.82, 2.24) is 5.32 Å². The lowest BCUT2D eigenvalue weighted by atomic mass is 10.1. The van der Waals surface area contributed by atoms with Crippen LogP contribution in [0.1, 0.15) is 34.8 Å². The number of unbranched alkanes of at least 4 members (excludes halogenated alkanes) is 1. The Labute approximate surface area is 149 Å². The fourth-order valence-electron chi connectivity index (χ4n) is 2.53. The van der Waals surface area contributed by atoms with Gasteiger partial charge in [-0.25, -0.2) is 0 Å². The Bertz CT molecular complexity index is 658. The molecule has 2 rings (SSSR count). The molecule has 0 spiro atoms. The lowest BCUT2D eigenvalue weighted by Gasteiger charge is -2.18. The molecule has 1 atom stereocenters. The van der Waals surface area contributed by atoms with Crippen LogP contribution in [0.4, 0.5) is 0 Å². The highest BCUT2D eigenvalue weighted by Crippen LogP contribution is 2.37. The number of nitrogens with one attached hydrogen (secondary N) is 1. The van der Waals surface area contributed by atoms with E-state index in [4.69, 9.17) is 5.73 Å². The Morgan fingerprint density at radius 3 is 2.54 bits per heavy atom. The van der Waals surface area contributed by atoms with E-state index in [-0.39, 0.29) is 11.2 Å². The second kappa shape index (κ2) is 9.50. The minimum atomic E-state index is -0.245. The van der Waals surface area contributed by atoms with Gasteiger partial charge in [0.2, 0.25) is 5.91 Å². The summed E-state index contributed by atoms with van der Waals surface area (Å²) in [4.78, 5) is 13.9. The monoisotopic (exact) mass is 342 g/mol. The fourth-order valence-corrected chi connectivity index (χ4v) is 3.66. The highest BCUT2D eigenvalue weighted by molar-refractivity contribution is 8.00. The van der Waals surface area contributed by atoms with Crippen molar-refractivity contribution in [2.75, 3.05) is 13.1 Å². The van der Waals surface area contributed by atoms with Gasteiger partial charge in [-0.05, 0) is 50.4 Å². The van der Waals surface area contributed by atoms with Crippen LogP contribution in [0.5, 0.6) is 0 Å². The molecule has 0 saturated carbocycles. The molecule has 1 unspecified atom stereocenters. The quantitative estimate of drug-likeness (QED) is 0.563. The Balaban J connectivity index is 2.15. The van der Waals surface area contributed by atoms with Crippen molar-refractivity contribution < 1.29 is 4.79 Å². The molecule has 0 radical (unpaired) electrons. The molecule has 3 N–H and O–H groups in total. The average Bonchev–Trinajstić information content (AvgIpc) is 2.58. The summed E-state index contributed by atoms with van der Waals surface area (Å²) in [7, 11) is 0. The van der Waals surface area contributed by atoms with Crippen molar-refractivity contribution in [3.63, 3.8) is 0 Å². The van der Waals surface area contributed by atoms with Crippen molar-refractivity contribution >= 4 is 17.7 Å². The van der Waals surface area contributed by atoms with Crippen molar-refractivity contribution in [2.45, 2.75) is 36.8 Å². The molecule has 0 saturated heterocycles. The van der Waals surface area contributed by atoms with E-state index in [1.807, 2.05) is 30.3 Å². The Morgan fingerprint density at radius 2 is 1.88 bits per heavy atom. The van der Waals surface area contributed by atoms with Gasteiger partial charge in [-0.15, -0.1) is 11.8 Å². The average molecular weight is 343 g/mol. The van der Waals surface area contributed by atoms with Crippen LogP contribution in [0, 0.1) is 13.8 Å². The Hall–Kier alpha value is -1.78. The van der Waals surface area contributed by atoms with Crippen molar-refractivity contribution in [3.8, 4) is 0 Å². The maximum atomic E-state index is 12.7. The number of rotatable bonds is 8. The van der Waals surface area contributed by atoms with Crippen LogP contribution in [0.25, 0.3) is 0 Å². The molecule has 2 aromatic carbocycles. The third-order valence-corrected chi connectivity index (χ3v) is 5.28. The topological polar surface area (TPSA) is 55.1 Å². The van der Waals surface area contributed by atoms with Gasteiger partial charge in [0.1, 0.15) is 5.25 Å². The Kier molecular flexibility index (Phi) is 7.35. The van der Waals surface area contributed by atoms with E-state index in [0.29, 0.717) is 13.1 Å². The van der Waals surface area contributed by atoms with Crippen LogP contribution >= 0.6 is 11.8 Å². The fraction of sp³-hybridized carbons (Fsp3) is 0.350. The van der Waals surface area contributed by atoms with Crippen LogP contribution in [-0.4, -0.2) is 19.0 Å². The molecule has 0 aromatic heterocycles. The summed E-state index contributed by atoms with van der Waals surface area (Å²) in [6, 6.07) is 16.3. The van der Waals surface area contributed by atoms with Gasteiger partial charge in [0.15, 0.2) is 0 Å². The zero-order valence-corrected chi connectivity index (χ0v) is 15.2. The number of carbonyl (C=O) groups excluding carboxylic acids is 1. The first-order valence-electron chi connectivity index (χ1n) is 8.38. The number of amides is 1. The van der Waals surface area contributed by atoms with Crippen LogP contribution in [0.2, 0.25) is 0 Å². The molecule has 0 heterocycles. The zero-order chi connectivity index (χ0) is 17.4. The lowest BCUT2D eigenvalue weighted by Crippen LogP contribution is -2.29. The Morgan fingerprint density at radius 1 is 1.12 bits per heavy atom. The molecular weight excluding hydrogens is 316 g/mol. The van der Waals surface area contributed by atoms with Gasteiger partial charge >= 0.3 is 0 Å². The summed E-state index contributed by atoms with van der Waals surface area (Å²) in [5.74, 6) is 0.0585. The highest BCUT2D eigenvalue weighted by atomic mass is 32.2. The molecule has 24 heavy (non-hydrogen) atoms. The molecule has 1 amide bonds. The predicted molar refractivity (Wildman–Crippen MR) is 102 cm³/mol. The molecule has 0 bridgehead atoms. The van der Waals surface area contributed by atoms with Crippen LogP contribution in [0.3, 0.4) is 0 Å². The third kappa shape index (κ3) is 5.39. The van der Waals surface area contributed by atoms with Crippen molar-refractivity contribution in [3.05, 3.63) is 65.2 Å². The summed E-state index contributed by atoms with van der Waals surface area (Å²) in [6.45, 7) is 5.51. The number of hydrogen-bond acceptors (Lipinski definition) is 3. The molecule has 128 valence electrons. The van der Waals surface area contributed by atoms with E-state index < -0.39 is 0 Å². The second-order valence-corrected chi connectivity index (χ2v) is 7.11. The van der Waals surface area contributed by atoms with Gasteiger partial charge in [0.25, 0.3) is 0 Å². The maximum absolute atomic E-state index is 12.7. The van der Waals surface area contributed by atoms with E-state index in [2.05, 4.69) is 37.4 Å². The summed E-state index contributed by atoms with van der Waals surface area (Å²) < 4.78 is 0. The molecule has 0 fully saturated rings. The van der Waals surface area contributed by atoms with Gasteiger partial charge in [-0.2, -0.15) is 0 Å². The van der Waals surface area contributed by atoms with E-state index >= 15 is 0 Å². The first-order valence-corrected chi connectivity index (χ1v) is 9.26. The third-order valence-electron chi connectivity index (χ3n) is 3.85. The smallest absolute Gasteiger partial charge is 0.237 e. The van der Waals surface area contributed by atoms with Crippen LogP contribution in [0.15, 0.2) is 53.4 Å². The van der Waals surface area contributed by atoms with Crippen molar-refractivity contribution in [2.24, 2.45) is 5.73 Å². The maximum Gasteiger partial charge on any atom is 0.237 e. The van der Waals surface area contributed by atoms with E-state index in [0.717, 1.165) is 23.3 Å². The standard InChI is InChI=1S/C20H26N2OS/c1-15-10-11-18(16(2)14-15)24-19(17-8-4-3-5-9-17)20(23)22-13-7-6-12-21/h3-5,8-11,14,19H,6-7,12-13,21H2,1-2H3,(H,22,23). The predicted octanol–water partition coefficient (Wildman–Crippen LogP) is 3.99. The van der Waals surface area contributed by atoms with Gasteiger partial charge in [-0.3, -0.25) is 4.79 Å². The van der Waals surface area contributed by atoms with E-state index in [9.17, 15) is 4.79 Å². The van der Waals surface area contributed by atoms with Gasteiger partial charge < -0.3 is 11.1 Å². The van der Waals surface area contributed by atoms with Crippen molar-refractivity contribution in [1.29, 1.82) is 0 Å². The van der Waals surface area contributed by atoms with Crippen LogP contribution < -0.4 is 11.1 Å². The molecule has 0 aliphatic heterocycles. The number of benzene rings is 2. The first-order chi connectivity index (χ1) is 11.6. The van der Waals surface area contributed by atoms with E-state index in [1.54, 1.807) is 11.8 Å². The number of thioether (sulfide) groups is 1. The molecule has 2 aromatic rings. The number of nitrogens with two attached hydrogens (primary N) is 1. The normalized spacial score (nSPS) is 12.0. The number of aryl methyl sites for hydroxylation is 2. The summed E-state index contributed by atoms with van der Waals surface area (Å²) in [5, 5.41) is 2.81. The summed E-state index contributed by atoms with van der Waals surface area (Å²) in [5.41, 5.74) is 8.98. The number of carbonyl (C=O) groups is 1.